The van der Waals surface area contributed by atoms with Gasteiger partial charge in [-0.1, -0.05) is 31.5 Å². The predicted octanol–water partition coefficient (Wildman–Crippen LogP) is 3.96. The number of carbonyl (C=O) groups is 2. The fourth-order valence-corrected chi connectivity index (χ4v) is 3.32. The number of hydrogen-bond acceptors (Lipinski definition) is 3. The van der Waals surface area contributed by atoms with E-state index >= 15 is 0 Å². The standard InChI is InChI=1S/C22H27N3O3/c1-3-4-6-16-9-11-17(12-10-16)23-22(27)24-18-13-21(26)25(15-18)19-7-5-8-20(14-19)28-2/h5,7-12,14,18H,3-4,6,13,15H2,1-2H3,(H2,23,24,27). The zero-order valence-electron chi connectivity index (χ0n) is 16.4. The fourth-order valence-electron chi connectivity index (χ4n) is 3.32. The van der Waals surface area contributed by atoms with Gasteiger partial charge in [0.05, 0.1) is 13.2 Å². The maximum Gasteiger partial charge on any atom is 0.319 e. The molecular weight excluding hydrogens is 354 g/mol. The summed E-state index contributed by atoms with van der Waals surface area (Å²) in [5.74, 6) is 0.681. The van der Waals surface area contributed by atoms with Gasteiger partial charge in [0.2, 0.25) is 5.91 Å². The van der Waals surface area contributed by atoms with Gasteiger partial charge in [-0.15, -0.1) is 0 Å². The zero-order chi connectivity index (χ0) is 19.9. The van der Waals surface area contributed by atoms with Crippen molar-refractivity contribution in [3.05, 3.63) is 54.1 Å². The molecule has 0 bridgehead atoms. The van der Waals surface area contributed by atoms with Gasteiger partial charge in [0.15, 0.2) is 0 Å². The van der Waals surface area contributed by atoms with Crippen molar-refractivity contribution in [2.75, 3.05) is 23.9 Å². The van der Waals surface area contributed by atoms with Crippen LogP contribution in [0.2, 0.25) is 0 Å². The average Bonchev–Trinajstić information content (AvgIpc) is 3.07. The van der Waals surface area contributed by atoms with Crippen molar-refractivity contribution in [3.8, 4) is 5.75 Å². The first-order valence-electron chi connectivity index (χ1n) is 9.70. The van der Waals surface area contributed by atoms with E-state index < -0.39 is 0 Å². The third-order valence-electron chi connectivity index (χ3n) is 4.86. The lowest BCUT2D eigenvalue weighted by atomic mass is 10.1. The molecule has 28 heavy (non-hydrogen) atoms. The highest BCUT2D eigenvalue weighted by Gasteiger charge is 2.31. The molecule has 0 radical (unpaired) electrons. The molecule has 148 valence electrons. The molecule has 6 heteroatoms. The number of benzene rings is 2. The number of unbranched alkanes of at least 4 members (excludes halogenated alkanes) is 1. The van der Waals surface area contributed by atoms with E-state index in [4.69, 9.17) is 4.74 Å². The number of carbonyl (C=O) groups excluding carboxylic acids is 2. The lowest BCUT2D eigenvalue weighted by Gasteiger charge is -2.18. The lowest BCUT2D eigenvalue weighted by molar-refractivity contribution is -0.117. The second-order valence-electron chi connectivity index (χ2n) is 7.01. The first-order valence-corrected chi connectivity index (χ1v) is 9.70. The normalized spacial score (nSPS) is 16.1. The molecule has 0 aliphatic carbocycles. The second-order valence-corrected chi connectivity index (χ2v) is 7.01. The molecule has 1 aliphatic heterocycles. The molecule has 2 N–H and O–H groups in total. The minimum Gasteiger partial charge on any atom is -0.497 e. The first-order chi connectivity index (χ1) is 13.6. The number of methoxy groups -OCH3 is 1. The summed E-state index contributed by atoms with van der Waals surface area (Å²) in [5, 5.41) is 5.73. The Morgan fingerprint density at radius 1 is 1.21 bits per heavy atom. The smallest absolute Gasteiger partial charge is 0.319 e. The van der Waals surface area contributed by atoms with Crippen LogP contribution in [0.4, 0.5) is 16.2 Å². The van der Waals surface area contributed by atoms with E-state index in [9.17, 15) is 9.59 Å². The number of ether oxygens (including phenoxy) is 1. The molecule has 1 heterocycles. The van der Waals surface area contributed by atoms with Crippen LogP contribution in [-0.2, 0) is 11.2 Å². The summed E-state index contributed by atoms with van der Waals surface area (Å²) in [6.45, 7) is 2.61. The molecule has 1 atom stereocenters. The zero-order valence-corrected chi connectivity index (χ0v) is 16.4. The number of nitrogens with zero attached hydrogens (tertiary/aromatic N) is 1. The van der Waals surface area contributed by atoms with E-state index in [1.54, 1.807) is 12.0 Å². The maximum absolute atomic E-state index is 12.4. The van der Waals surface area contributed by atoms with Gasteiger partial charge in [-0.3, -0.25) is 4.79 Å². The Labute approximate surface area is 165 Å². The molecule has 1 aliphatic rings. The fraction of sp³-hybridized carbons (Fsp3) is 0.364. The minimum absolute atomic E-state index is 0.0150. The number of amides is 3. The summed E-state index contributed by atoms with van der Waals surface area (Å²) < 4.78 is 5.22. The Hall–Kier alpha value is -3.02. The molecule has 6 nitrogen and oxygen atoms in total. The maximum atomic E-state index is 12.4. The van der Waals surface area contributed by atoms with E-state index in [0.29, 0.717) is 12.3 Å². The van der Waals surface area contributed by atoms with Crippen LogP contribution < -0.4 is 20.3 Å². The van der Waals surface area contributed by atoms with E-state index in [1.807, 2.05) is 48.5 Å². The summed E-state index contributed by atoms with van der Waals surface area (Å²) in [5.41, 5.74) is 2.78. The van der Waals surface area contributed by atoms with E-state index in [1.165, 1.54) is 5.56 Å². The summed E-state index contributed by atoms with van der Waals surface area (Å²) >= 11 is 0. The van der Waals surface area contributed by atoms with Crippen molar-refractivity contribution in [3.63, 3.8) is 0 Å². The Morgan fingerprint density at radius 2 is 2.00 bits per heavy atom. The van der Waals surface area contributed by atoms with Gasteiger partial charge in [-0.25, -0.2) is 4.79 Å². The van der Waals surface area contributed by atoms with Gasteiger partial charge < -0.3 is 20.3 Å². The van der Waals surface area contributed by atoms with Gasteiger partial charge in [-0.2, -0.15) is 0 Å². The summed E-state index contributed by atoms with van der Waals surface area (Å²) in [7, 11) is 1.59. The van der Waals surface area contributed by atoms with Gasteiger partial charge in [0.1, 0.15) is 5.75 Å². The molecule has 0 spiro atoms. The third kappa shape index (κ3) is 5.03. The lowest BCUT2D eigenvalue weighted by Crippen LogP contribution is -2.39. The molecule has 1 unspecified atom stereocenters. The van der Waals surface area contributed by atoms with Crippen molar-refractivity contribution in [1.82, 2.24) is 5.32 Å². The molecule has 3 amide bonds. The van der Waals surface area contributed by atoms with Gasteiger partial charge in [0, 0.05) is 30.4 Å². The Morgan fingerprint density at radius 3 is 2.71 bits per heavy atom. The number of hydrogen-bond donors (Lipinski definition) is 2. The van der Waals surface area contributed by atoms with Crippen LogP contribution in [0.15, 0.2) is 48.5 Å². The SMILES string of the molecule is CCCCc1ccc(NC(=O)NC2CC(=O)N(c3cccc(OC)c3)C2)cc1. The highest BCUT2D eigenvalue weighted by atomic mass is 16.5. The predicted molar refractivity (Wildman–Crippen MR) is 111 cm³/mol. The highest BCUT2D eigenvalue weighted by Crippen LogP contribution is 2.25. The number of rotatable bonds is 7. The van der Waals surface area contributed by atoms with Gasteiger partial charge >= 0.3 is 6.03 Å². The number of urea groups is 1. The quantitative estimate of drug-likeness (QED) is 0.762. The van der Waals surface area contributed by atoms with E-state index in [0.717, 1.165) is 30.6 Å². The number of nitrogens with one attached hydrogen (secondary N) is 2. The Balaban J connectivity index is 1.54. The average molecular weight is 381 g/mol. The molecule has 3 rings (SSSR count). The van der Waals surface area contributed by atoms with Crippen LogP contribution in [0, 0.1) is 0 Å². The molecule has 2 aromatic carbocycles. The van der Waals surface area contributed by atoms with Crippen LogP contribution >= 0.6 is 0 Å². The van der Waals surface area contributed by atoms with Crippen molar-refractivity contribution < 1.29 is 14.3 Å². The van der Waals surface area contributed by atoms with Crippen molar-refractivity contribution >= 4 is 23.3 Å². The number of aryl methyl sites for hydroxylation is 1. The van der Waals surface area contributed by atoms with Crippen molar-refractivity contribution in [2.45, 2.75) is 38.6 Å². The van der Waals surface area contributed by atoms with Crippen LogP contribution in [0.1, 0.15) is 31.7 Å². The second kappa shape index (κ2) is 9.26. The van der Waals surface area contributed by atoms with E-state index in [-0.39, 0.29) is 24.4 Å². The Bertz CT molecular complexity index is 820. The number of anilines is 2. The molecule has 2 aromatic rings. The largest absolute Gasteiger partial charge is 0.497 e. The summed E-state index contributed by atoms with van der Waals surface area (Å²) in [6.07, 6.45) is 3.65. The van der Waals surface area contributed by atoms with Gasteiger partial charge in [-0.05, 0) is 42.7 Å². The highest BCUT2D eigenvalue weighted by molar-refractivity contribution is 5.97. The first kappa shape index (κ1) is 19.7. The topological polar surface area (TPSA) is 70.7 Å². The van der Waals surface area contributed by atoms with Gasteiger partial charge in [0.25, 0.3) is 0 Å². The third-order valence-corrected chi connectivity index (χ3v) is 4.86. The van der Waals surface area contributed by atoms with Crippen LogP contribution in [0.3, 0.4) is 0 Å². The Kier molecular flexibility index (Phi) is 6.53. The van der Waals surface area contributed by atoms with Crippen molar-refractivity contribution in [1.29, 1.82) is 0 Å². The van der Waals surface area contributed by atoms with Crippen LogP contribution in [0.5, 0.6) is 5.75 Å². The molecule has 0 saturated carbocycles. The van der Waals surface area contributed by atoms with E-state index in [2.05, 4.69) is 17.6 Å². The van der Waals surface area contributed by atoms with Crippen LogP contribution in [0.25, 0.3) is 0 Å². The molecular formula is C22H27N3O3. The summed E-state index contributed by atoms with van der Waals surface area (Å²) in [6, 6.07) is 14.7. The summed E-state index contributed by atoms with van der Waals surface area (Å²) in [4.78, 5) is 26.3. The molecule has 1 saturated heterocycles. The minimum atomic E-state index is -0.299. The monoisotopic (exact) mass is 381 g/mol. The van der Waals surface area contributed by atoms with Crippen molar-refractivity contribution in [2.24, 2.45) is 0 Å². The van der Waals surface area contributed by atoms with Crippen LogP contribution in [-0.4, -0.2) is 31.6 Å². The molecule has 1 fully saturated rings. The molecule has 0 aromatic heterocycles.